The molecule has 0 aliphatic carbocycles. The first-order valence-electron chi connectivity index (χ1n) is 5.10. The van der Waals surface area contributed by atoms with Crippen LogP contribution in [-0.2, 0) is 10.8 Å². The first kappa shape index (κ1) is 13.3. The molecule has 0 amide bonds. The topological polar surface area (TPSA) is 49.3 Å². The van der Waals surface area contributed by atoms with Gasteiger partial charge in [0.15, 0.2) is 0 Å². The third kappa shape index (κ3) is 3.66. The van der Waals surface area contributed by atoms with Crippen molar-refractivity contribution < 1.29 is 13.7 Å². The number of halogens is 1. The highest BCUT2D eigenvalue weighted by Gasteiger charge is 2.14. The minimum absolute atomic E-state index is 0.0278. The summed E-state index contributed by atoms with van der Waals surface area (Å²) in [5.74, 6) is -0.141. The van der Waals surface area contributed by atoms with Crippen molar-refractivity contribution in [1.29, 1.82) is 0 Å². The van der Waals surface area contributed by atoms with Crippen molar-refractivity contribution in [3.63, 3.8) is 0 Å². The Labute approximate surface area is 97.1 Å². The van der Waals surface area contributed by atoms with E-state index < -0.39 is 16.6 Å². The summed E-state index contributed by atoms with van der Waals surface area (Å²) in [5.41, 5.74) is 0. The Bertz CT molecular complexity index is 360. The number of rotatable bonds is 6. The Balaban J connectivity index is 2.68. The minimum atomic E-state index is -1.38. The molecule has 0 aliphatic heterocycles. The summed E-state index contributed by atoms with van der Waals surface area (Å²) in [6.07, 6.45) is 0.511. The van der Waals surface area contributed by atoms with E-state index in [1.54, 1.807) is 19.2 Å². The van der Waals surface area contributed by atoms with Crippen LogP contribution in [0.25, 0.3) is 0 Å². The number of hydrogen-bond acceptors (Lipinski definition) is 3. The Morgan fingerprint density at radius 1 is 1.50 bits per heavy atom. The molecule has 0 saturated carbocycles. The molecule has 5 heteroatoms. The van der Waals surface area contributed by atoms with Crippen LogP contribution in [0.4, 0.5) is 4.39 Å². The van der Waals surface area contributed by atoms with Gasteiger partial charge in [-0.05, 0) is 25.6 Å². The van der Waals surface area contributed by atoms with E-state index in [4.69, 9.17) is 5.11 Å². The summed E-state index contributed by atoms with van der Waals surface area (Å²) < 4.78 is 25.2. The maximum atomic E-state index is 13.3. The lowest BCUT2D eigenvalue weighted by Crippen LogP contribution is -2.32. The molecule has 1 aromatic carbocycles. The van der Waals surface area contributed by atoms with Crippen LogP contribution < -0.4 is 5.32 Å². The van der Waals surface area contributed by atoms with Crippen LogP contribution in [0.15, 0.2) is 29.2 Å². The second kappa shape index (κ2) is 6.73. The van der Waals surface area contributed by atoms with E-state index in [0.717, 1.165) is 0 Å². The molecule has 2 atom stereocenters. The normalized spacial score (nSPS) is 14.7. The molecule has 1 aromatic rings. The van der Waals surface area contributed by atoms with Crippen LogP contribution in [0.1, 0.15) is 6.42 Å². The van der Waals surface area contributed by atoms with Crippen molar-refractivity contribution in [2.24, 2.45) is 0 Å². The quantitative estimate of drug-likeness (QED) is 0.783. The maximum Gasteiger partial charge on any atom is 0.139 e. The molecular formula is C11H16FNO2S. The lowest BCUT2D eigenvalue weighted by atomic mass is 10.2. The zero-order valence-electron chi connectivity index (χ0n) is 9.15. The predicted octanol–water partition coefficient (Wildman–Crippen LogP) is 0.904. The number of benzene rings is 1. The van der Waals surface area contributed by atoms with Gasteiger partial charge in [-0.15, -0.1) is 0 Å². The lowest BCUT2D eigenvalue weighted by Gasteiger charge is -2.14. The van der Waals surface area contributed by atoms with E-state index >= 15 is 0 Å². The van der Waals surface area contributed by atoms with E-state index in [2.05, 4.69) is 5.32 Å². The van der Waals surface area contributed by atoms with Gasteiger partial charge in [-0.1, -0.05) is 12.1 Å². The second-order valence-electron chi connectivity index (χ2n) is 3.44. The number of nitrogens with one attached hydrogen (secondary N) is 1. The van der Waals surface area contributed by atoms with E-state index in [1.807, 2.05) is 0 Å². The van der Waals surface area contributed by atoms with Crippen molar-refractivity contribution >= 4 is 10.8 Å². The third-order valence-electron chi connectivity index (χ3n) is 2.32. The molecule has 3 nitrogen and oxygen atoms in total. The molecule has 0 saturated heterocycles. The van der Waals surface area contributed by atoms with Crippen molar-refractivity contribution in [3.05, 3.63) is 30.1 Å². The molecule has 0 radical (unpaired) electrons. The zero-order valence-corrected chi connectivity index (χ0v) is 9.97. The van der Waals surface area contributed by atoms with E-state index in [9.17, 15) is 8.60 Å². The van der Waals surface area contributed by atoms with Gasteiger partial charge >= 0.3 is 0 Å². The fourth-order valence-corrected chi connectivity index (χ4v) is 2.76. The summed E-state index contributed by atoms with van der Waals surface area (Å²) in [4.78, 5) is 0.223. The van der Waals surface area contributed by atoms with Crippen LogP contribution in [0, 0.1) is 5.82 Å². The molecule has 0 fully saturated rings. The monoisotopic (exact) mass is 245 g/mol. The largest absolute Gasteiger partial charge is 0.396 e. The fourth-order valence-electron chi connectivity index (χ4n) is 1.37. The second-order valence-corrected chi connectivity index (χ2v) is 4.90. The van der Waals surface area contributed by atoms with Crippen LogP contribution in [0.3, 0.4) is 0 Å². The molecule has 0 bridgehead atoms. The first-order chi connectivity index (χ1) is 7.69. The minimum Gasteiger partial charge on any atom is -0.396 e. The van der Waals surface area contributed by atoms with Gasteiger partial charge < -0.3 is 10.4 Å². The molecule has 0 aromatic heterocycles. The van der Waals surface area contributed by atoms with Gasteiger partial charge in [-0.2, -0.15) is 0 Å². The molecule has 1 rings (SSSR count). The van der Waals surface area contributed by atoms with Crippen molar-refractivity contribution in [2.45, 2.75) is 17.4 Å². The number of aliphatic hydroxyl groups is 1. The Kier molecular flexibility index (Phi) is 5.59. The molecule has 2 unspecified atom stereocenters. The summed E-state index contributed by atoms with van der Waals surface area (Å²) in [6, 6.07) is 5.99. The molecular weight excluding hydrogens is 229 g/mol. The lowest BCUT2D eigenvalue weighted by molar-refractivity contribution is 0.272. The van der Waals surface area contributed by atoms with Gasteiger partial charge in [0, 0.05) is 18.4 Å². The van der Waals surface area contributed by atoms with Crippen LogP contribution >= 0.6 is 0 Å². The Morgan fingerprint density at radius 3 is 2.75 bits per heavy atom. The van der Waals surface area contributed by atoms with E-state index in [-0.39, 0.29) is 17.5 Å². The maximum absolute atomic E-state index is 13.3. The van der Waals surface area contributed by atoms with Gasteiger partial charge in [0.25, 0.3) is 0 Å². The summed E-state index contributed by atoms with van der Waals surface area (Å²) >= 11 is 0. The van der Waals surface area contributed by atoms with Gasteiger partial charge in [-0.25, -0.2) is 4.39 Å². The SMILES string of the molecule is CNC(CCO)CS(=O)c1ccccc1F. The predicted molar refractivity (Wildman–Crippen MR) is 62.2 cm³/mol. The fraction of sp³-hybridized carbons (Fsp3) is 0.455. The van der Waals surface area contributed by atoms with Crippen molar-refractivity contribution in [1.82, 2.24) is 5.32 Å². The molecule has 90 valence electrons. The van der Waals surface area contributed by atoms with Crippen LogP contribution in [-0.4, -0.2) is 34.8 Å². The van der Waals surface area contributed by atoms with Gasteiger partial charge in [-0.3, -0.25) is 4.21 Å². The molecule has 0 aliphatic rings. The van der Waals surface area contributed by atoms with Gasteiger partial charge in [0.2, 0.25) is 0 Å². The van der Waals surface area contributed by atoms with E-state index in [0.29, 0.717) is 12.2 Å². The third-order valence-corrected chi connectivity index (χ3v) is 3.85. The number of aliphatic hydroxyl groups excluding tert-OH is 1. The summed E-state index contributed by atoms with van der Waals surface area (Å²) in [5, 5.41) is 11.7. The Hall–Kier alpha value is -0.780. The van der Waals surface area contributed by atoms with Crippen LogP contribution in [0.2, 0.25) is 0 Å². The van der Waals surface area contributed by atoms with Gasteiger partial charge in [0.05, 0.1) is 15.7 Å². The number of hydrogen-bond donors (Lipinski definition) is 2. The average Bonchev–Trinajstić information content (AvgIpc) is 2.28. The summed E-state index contributed by atoms with van der Waals surface area (Å²) in [7, 11) is 0.360. The molecule has 16 heavy (non-hydrogen) atoms. The average molecular weight is 245 g/mol. The standard InChI is InChI=1S/C11H16FNO2S/c1-13-9(6-7-14)8-16(15)11-5-3-2-4-10(11)12/h2-5,9,13-14H,6-8H2,1H3. The van der Waals surface area contributed by atoms with Crippen molar-refractivity contribution in [3.8, 4) is 0 Å². The summed E-state index contributed by atoms with van der Waals surface area (Å²) in [6.45, 7) is 0.0278. The first-order valence-corrected chi connectivity index (χ1v) is 6.42. The van der Waals surface area contributed by atoms with Crippen molar-refractivity contribution in [2.75, 3.05) is 19.4 Å². The highest BCUT2D eigenvalue weighted by molar-refractivity contribution is 7.85. The van der Waals surface area contributed by atoms with Gasteiger partial charge in [0.1, 0.15) is 5.82 Å². The molecule has 0 heterocycles. The molecule has 0 spiro atoms. The van der Waals surface area contributed by atoms with Crippen LogP contribution in [0.5, 0.6) is 0 Å². The highest BCUT2D eigenvalue weighted by atomic mass is 32.2. The molecule has 2 N–H and O–H groups in total. The smallest absolute Gasteiger partial charge is 0.139 e. The van der Waals surface area contributed by atoms with E-state index in [1.165, 1.54) is 12.1 Å². The Morgan fingerprint density at radius 2 is 2.19 bits per heavy atom. The zero-order chi connectivity index (χ0) is 12.0. The highest BCUT2D eigenvalue weighted by Crippen LogP contribution is 2.12.